The average molecular weight is 213 g/mol. The van der Waals surface area contributed by atoms with E-state index in [1.807, 2.05) is 0 Å². The molecule has 0 saturated carbocycles. The standard InChI is InChI=1S/C2H4BBrO3.2Na/c4-1-2-7-3(5)6;;/h1-2H2;;/q-2;2*+1. The van der Waals surface area contributed by atoms with E-state index < -0.39 is 7.32 Å². The van der Waals surface area contributed by atoms with Gasteiger partial charge in [-0.25, -0.2) is 0 Å². The number of hydrogen-bond acceptors (Lipinski definition) is 3. The van der Waals surface area contributed by atoms with Gasteiger partial charge < -0.3 is 14.7 Å². The van der Waals surface area contributed by atoms with Crippen LogP contribution in [-0.4, -0.2) is 19.3 Å². The van der Waals surface area contributed by atoms with E-state index >= 15 is 0 Å². The van der Waals surface area contributed by atoms with Gasteiger partial charge in [0, 0.05) is 11.9 Å². The predicted molar refractivity (Wildman–Crippen MR) is 25.5 cm³/mol. The molecule has 0 rings (SSSR count). The molecule has 0 fully saturated rings. The number of halogens is 1. The molecule has 0 aliphatic rings. The molecule has 0 spiro atoms. The molecule has 0 aromatic heterocycles. The van der Waals surface area contributed by atoms with E-state index in [1.165, 1.54) is 0 Å². The molecule has 0 heterocycles. The largest absolute Gasteiger partial charge is 1.00 e. The Kier molecular flexibility index (Phi) is 25.4. The van der Waals surface area contributed by atoms with Crippen LogP contribution in [0.25, 0.3) is 0 Å². The molecule has 0 bridgehead atoms. The Morgan fingerprint density at radius 3 is 1.89 bits per heavy atom. The minimum absolute atomic E-state index is 0. The predicted octanol–water partition coefficient (Wildman–Crippen LogP) is -7.89. The maximum Gasteiger partial charge on any atom is 1.00 e. The third kappa shape index (κ3) is 17.9. The van der Waals surface area contributed by atoms with Crippen LogP contribution in [0, 0.1) is 0 Å². The van der Waals surface area contributed by atoms with Crippen molar-refractivity contribution in [1.29, 1.82) is 0 Å². The van der Waals surface area contributed by atoms with Gasteiger partial charge in [0.25, 0.3) is 0 Å². The van der Waals surface area contributed by atoms with Crippen LogP contribution < -0.4 is 69.2 Å². The second-order valence-electron chi connectivity index (χ2n) is 0.848. The molecule has 3 nitrogen and oxygen atoms in total. The van der Waals surface area contributed by atoms with Gasteiger partial charge in [0.1, 0.15) is 0 Å². The van der Waals surface area contributed by atoms with Gasteiger partial charge in [-0.1, -0.05) is 15.9 Å². The summed E-state index contributed by atoms with van der Waals surface area (Å²) in [6.07, 6.45) is 0. The van der Waals surface area contributed by atoms with Crippen molar-refractivity contribution >= 4 is 23.3 Å². The van der Waals surface area contributed by atoms with Gasteiger partial charge in [0.05, 0.1) is 7.32 Å². The van der Waals surface area contributed by atoms with E-state index in [0.717, 1.165) is 0 Å². The van der Waals surface area contributed by atoms with Gasteiger partial charge >= 0.3 is 59.1 Å². The van der Waals surface area contributed by atoms with Crippen molar-refractivity contribution in [3.63, 3.8) is 0 Å². The second-order valence-corrected chi connectivity index (χ2v) is 1.64. The molecule has 0 atom stereocenters. The first kappa shape index (κ1) is 17.5. The fourth-order valence-corrected chi connectivity index (χ4v) is 0.328. The third-order valence-electron chi connectivity index (χ3n) is 0.331. The molecule has 0 aliphatic heterocycles. The topological polar surface area (TPSA) is 55.3 Å². The van der Waals surface area contributed by atoms with Crippen LogP contribution in [0.15, 0.2) is 0 Å². The number of alkyl halides is 1. The molecule has 0 aromatic carbocycles. The van der Waals surface area contributed by atoms with Gasteiger partial charge in [-0.3, -0.25) is 0 Å². The molecule has 42 valence electrons. The minimum Gasteiger partial charge on any atom is -0.871 e. The first-order chi connectivity index (χ1) is 3.27. The maximum absolute atomic E-state index is 9.49. The van der Waals surface area contributed by atoms with Crippen LogP contribution in [0.3, 0.4) is 0 Å². The quantitative estimate of drug-likeness (QED) is 0.345. The van der Waals surface area contributed by atoms with Crippen molar-refractivity contribution in [3.8, 4) is 0 Å². The van der Waals surface area contributed by atoms with Crippen molar-refractivity contribution in [2.24, 2.45) is 0 Å². The third-order valence-corrected chi connectivity index (χ3v) is 0.655. The second kappa shape index (κ2) is 13.0. The van der Waals surface area contributed by atoms with Crippen LogP contribution in [-0.2, 0) is 4.65 Å². The van der Waals surface area contributed by atoms with E-state index in [-0.39, 0.29) is 65.7 Å². The Morgan fingerprint density at radius 1 is 1.33 bits per heavy atom. The summed E-state index contributed by atoms with van der Waals surface area (Å²) < 4.78 is 4.03. The van der Waals surface area contributed by atoms with Crippen LogP contribution in [0.5, 0.6) is 0 Å². The molecule has 7 heteroatoms. The normalized spacial score (nSPS) is 7.00. The molecular weight excluding hydrogens is 209 g/mol. The Hall–Kier alpha value is 2.42. The SMILES string of the molecule is [Na+].[Na+].[O-]B([O-])OCCBr. The van der Waals surface area contributed by atoms with Gasteiger partial charge in [0.15, 0.2) is 0 Å². The van der Waals surface area contributed by atoms with Gasteiger partial charge in [-0.05, 0) is 0 Å². The Morgan fingerprint density at radius 2 is 1.78 bits per heavy atom. The number of rotatable bonds is 3. The van der Waals surface area contributed by atoms with E-state index in [4.69, 9.17) is 0 Å². The smallest absolute Gasteiger partial charge is 0.871 e. The summed E-state index contributed by atoms with van der Waals surface area (Å²) in [5.41, 5.74) is 0. The Balaban J connectivity index is -0.000000180. The fraction of sp³-hybridized carbons (Fsp3) is 1.00. The molecule has 9 heavy (non-hydrogen) atoms. The van der Waals surface area contributed by atoms with Gasteiger partial charge in [-0.2, -0.15) is 0 Å². The van der Waals surface area contributed by atoms with E-state index in [9.17, 15) is 10.0 Å². The monoisotopic (exact) mass is 212 g/mol. The maximum atomic E-state index is 9.49. The summed E-state index contributed by atoms with van der Waals surface area (Å²) in [6.45, 7) is 0.192. The van der Waals surface area contributed by atoms with Crippen molar-refractivity contribution in [1.82, 2.24) is 0 Å². The van der Waals surface area contributed by atoms with Gasteiger partial charge in [0.2, 0.25) is 0 Å². The summed E-state index contributed by atoms with van der Waals surface area (Å²) in [5.74, 6) is 0. The van der Waals surface area contributed by atoms with E-state index in [0.29, 0.717) is 5.33 Å². The molecular formula is C2H4BBrNa2O3. The number of hydrogen-bond donors (Lipinski definition) is 0. The minimum atomic E-state index is -2.13. The van der Waals surface area contributed by atoms with Crippen molar-refractivity contribution in [2.75, 3.05) is 11.9 Å². The van der Waals surface area contributed by atoms with Crippen LogP contribution in [0.2, 0.25) is 0 Å². The first-order valence-electron chi connectivity index (χ1n) is 1.76. The van der Waals surface area contributed by atoms with Gasteiger partial charge in [-0.15, -0.1) is 0 Å². The molecule has 0 saturated heterocycles. The van der Waals surface area contributed by atoms with Crippen molar-refractivity contribution in [2.45, 2.75) is 0 Å². The van der Waals surface area contributed by atoms with Crippen LogP contribution in [0.1, 0.15) is 0 Å². The molecule has 0 N–H and O–H groups in total. The average Bonchev–Trinajstić information content (AvgIpc) is 1.61. The zero-order valence-electron chi connectivity index (χ0n) is 5.59. The zero-order valence-corrected chi connectivity index (χ0v) is 11.2. The van der Waals surface area contributed by atoms with Crippen molar-refractivity contribution < 1.29 is 73.8 Å². The van der Waals surface area contributed by atoms with Crippen LogP contribution in [0.4, 0.5) is 0 Å². The van der Waals surface area contributed by atoms with Crippen LogP contribution >= 0.6 is 15.9 Å². The molecule has 0 aliphatic carbocycles. The zero-order chi connectivity index (χ0) is 5.70. The van der Waals surface area contributed by atoms with E-state index in [2.05, 4.69) is 20.6 Å². The Bertz CT molecular complexity index is 48.8. The molecule has 0 aromatic rings. The molecule has 0 radical (unpaired) electrons. The molecule has 0 unspecified atom stereocenters. The summed E-state index contributed by atoms with van der Waals surface area (Å²) in [5, 5.41) is 19.5. The fourth-order valence-electron chi connectivity index (χ4n) is 0.141. The van der Waals surface area contributed by atoms with E-state index in [1.54, 1.807) is 0 Å². The summed E-state index contributed by atoms with van der Waals surface area (Å²) in [7, 11) is -2.13. The first-order valence-corrected chi connectivity index (χ1v) is 2.88. The Labute approximate surface area is 107 Å². The summed E-state index contributed by atoms with van der Waals surface area (Å²) >= 11 is 2.98. The summed E-state index contributed by atoms with van der Waals surface area (Å²) in [6, 6.07) is 0. The summed E-state index contributed by atoms with van der Waals surface area (Å²) in [4.78, 5) is 0. The molecule has 0 amide bonds. The van der Waals surface area contributed by atoms with Crippen molar-refractivity contribution in [3.05, 3.63) is 0 Å².